The number of hydrogen-bond donors (Lipinski definition) is 1. The number of nitrogens with zero attached hydrogens (tertiary/aromatic N) is 6. The second-order valence-corrected chi connectivity index (χ2v) is 10.4. The molecule has 1 fully saturated rings. The van der Waals surface area contributed by atoms with Crippen LogP contribution in [0.3, 0.4) is 0 Å². The van der Waals surface area contributed by atoms with Gasteiger partial charge in [-0.1, -0.05) is 13.0 Å². The fourth-order valence-corrected chi connectivity index (χ4v) is 5.67. The summed E-state index contributed by atoms with van der Waals surface area (Å²) in [4.78, 5) is 11.7. The van der Waals surface area contributed by atoms with Gasteiger partial charge in [0.1, 0.15) is 0 Å². The topological polar surface area (TPSA) is 60.7 Å². The first-order chi connectivity index (χ1) is 15.7. The molecule has 0 radical (unpaired) electrons. The molecule has 7 heteroatoms. The van der Waals surface area contributed by atoms with Crippen LogP contribution in [0.2, 0.25) is 0 Å². The Morgan fingerprint density at radius 3 is 2.64 bits per heavy atom. The van der Waals surface area contributed by atoms with Crippen LogP contribution < -0.4 is 9.80 Å². The second-order valence-electron chi connectivity index (χ2n) is 10.4. The van der Waals surface area contributed by atoms with Crippen molar-refractivity contribution in [1.29, 1.82) is 0 Å². The maximum Gasteiger partial charge on any atom is 0.159 e. The highest BCUT2D eigenvalue weighted by molar-refractivity contribution is 5.89. The molecule has 0 saturated carbocycles. The minimum absolute atomic E-state index is 0.435. The third-order valence-electron chi connectivity index (χ3n) is 7.34. The van der Waals surface area contributed by atoms with Crippen LogP contribution in [0.5, 0.6) is 0 Å². The van der Waals surface area contributed by atoms with Gasteiger partial charge in [-0.15, -0.1) is 0 Å². The molecule has 0 spiro atoms. The van der Waals surface area contributed by atoms with Crippen molar-refractivity contribution in [2.45, 2.75) is 44.8 Å². The number of aliphatic hydroxyl groups is 1. The molecule has 4 heterocycles. The molecule has 5 rings (SSSR count). The van der Waals surface area contributed by atoms with Gasteiger partial charge in [-0.3, -0.25) is 4.68 Å². The van der Waals surface area contributed by atoms with Crippen molar-refractivity contribution in [2.24, 2.45) is 7.05 Å². The quantitative estimate of drug-likeness (QED) is 0.661. The molecule has 0 bridgehead atoms. The van der Waals surface area contributed by atoms with E-state index in [2.05, 4.69) is 57.9 Å². The number of anilines is 2. The first-order valence-electron chi connectivity index (χ1n) is 12.0. The predicted octanol–water partition coefficient (Wildman–Crippen LogP) is 3.29. The van der Waals surface area contributed by atoms with E-state index >= 15 is 0 Å². The summed E-state index contributed by atoms with van der Waals surface area (Å²) in [5, 5.41) is 16.5. The fraction of sp³-hybridized carbons (Fsp3) is 0.538. The van der Waals surface area contributed by atoms with Gasteiger partial charge in [-0.25, -0.2) is 4.98 Å². The van der Waals surface area contributed by atoms with Gasteiger partial charge in [-0.05, 0) is 69.1 Å². The van der Waals surface area contributed by atoms with Gasteiger partial charge in [0.05, 0.1) is 22.9 Å². The van der Waals surface area contributed by atoms with Crippen molar-refractivity contribution >= 4 is 22.4 Å². The van der Waals surface area contributed by atoms with Gasteiger partial charge in [0.2, 0.25) is 0 Å². The number of pyridine rings is 1. The number of piperidine rings is 1. The molecule has 33 heavy (non-hydrogen) atoms. The highest BCUT2D eigenvalue weighted by atomic mass is 16.3. The van der Waals surface area contributed by atoms with E-state index in [9.17, 15) is 5.11 Å². The zero-order valence-electron chi connectivity index (χ0n) is 20.5. The summed E-state index contributed by atoms with van der Waals surface area (Å²) in [6.07, 6.45) is 3.57. The number of likely N-dealkylation sites (N-methyl/N-ethyl adjacent to an activating group) is 1. The molecule has 1 N–H and O–H groups in total. The summed E-state index contributed by atoms with van der Waals surface area (Å²) < 4.78 is 1.86. The van der Waals surface area contributed by atoms with Gasteiger partial charge in [-0.2, -0.15) is 5.10 Å². The maximum atomic E-state index is 10.9. The zero-order chi connectivity index (χ0) is 23.3. The van der Waals surface area contributed by atoms with E-state index in [0.29, 0.717) is 5.92 Å². The van der Waals surface area contributed by atoms with Crippen molar-refractivity contribution in [3.8, 4) is 0 Å². The van der Waals surface area contributed by atoms with E-state index < -0.39 is 5.60 Å². The molecule has 1 saturated heterocycles. The minimum Gasteiger partial charge on any atom is -0.388 e. The minimum atomic E-state index is -0.567. The maximum absolute atomic E-state index is 10.9. The van der Waals surface area contributed by atoms with Gasteiger partial charge in [0.15, 0.2) is 5.65 Å². The molecule has 0 amide bonds. The molecule has 2 aromatic heterocycles. The second kappa shape index (κ2) is 8.29. The summed E-state index contributed by atoms with van der Waals surface area (Å²) >= 11 is 0. The molecule has 7 nitrogen and oxygen atoms in total. The highest BCUT2D eigenvalue weighted by Crippen LogP contribution is 2.37. The summed E-state index contributed by atoms with van der Waals surface area (Å²) in [6, 6.07) is 9.16. The SMILES string of the molecule is Cc1cc(N2Cc3ccc(N4CCC(O)(CN(C)C)CC4)cc3[C@@H](C)C2)c2cnn(C)c2n1. The molecular formula is C26H36N6O. The number of hydrogen-bond acceptors (Lipinski definition) is 6. The Morgan fingerprint density at radius 2 is 1.91 bits per heavy atom. The average molecular weight is 449 g/mol. The zero-order valence-corrected chi connectivity index (χ0v) is 20.5. The van der Waals surface area contributed by atoms with Crippen molar-refractivity contribution in [2.75, 3.05) is 50.1 Å². The van der Waals surface area contributed by atoms with Gasteiger partial charge >= 0.3 is 0 Å². The molecule has 1 atom stereocenters. The van der Waals surface area contributed by atoms with E-state index in [1.54, 1.807) is 0 Å². The number of aromatic nitrogens is 3. The molecule has 3 aromatic rings. The predicted molar refractivity (Wildman–Crippen MR) is 134 cm³/mol. The summed E-state index contributed by atoms with van der Waals surface area (Å²) in [5.41, 5.74) is 6.75. The Kier molecular flexibility index (Phi) is 5.57. The lowest BCUT2D eigenvalue weighted by Gasteiger charge is -2.41. The van der Waals surface area contributed by atoms with Crippen molar-refractivity contribution < 1.29 is 5.11 Å². The molecule has 1 aromatic carbocycles. The normalized spacial score (nSPS) is 20.5. The Balaban J connectivity index is 1.37. The van der Waals surface area contributed by atoms with E-state index in [1.807, 2.05) is 32.0 Å². The third kappa shape index (κ3) is 4.20. The molecule has 0 unspecified atom stereocenters. The van der Waals surface area contributed by atoms with Crippen LogP contribution in [-0.4, -0.2) is 70.6 Å². The van der Waals surface area contributed by atoms with E-state index in [0.717, 1.165) is 62.3 Å². The van der Waals surface area contributed by atoms with Crippen molar-refractivity contribution in [3.63, 3.8) is 0 Å². The highest BCUT2D eigenvalue weighted by Gasteiger charge is 2.33. The first-order valence-corrected chi connectivity index (χ1v) is 12.0. The molecular weight excluding hydrogens is 412 g/mol. The molecule has 0 aliphatic carbocycles. The average Bonchev–Trinajstić information content (AvgIpc) is 3.13. The Bertz CT molecular complexity index is 1160. The summed E-state index contributed by atoms with van der Waals surface area (Å²) in [6.45, 7) is 8.80. The lowest BCUT2D eigenvalue weighted by atomic mass is 9.88. The van der Waals surface area contributed by atoms with Crippen LogP contribution >= 0.6 is 0 Å². The summed E-state index contributed by atoms with van der Waals surface area (Å²) in [7, 11) is 6.02. The first kappa shape index (κ1) is 22.2. The largest absolute Gasteiger partial charge is 0.388 e. The Morgan fingerprint density at radius 1 is 1.15 bits per heavy atom. The third-order valence-corrected chi connectivity index (χ3v) is 7.34. The van der Waals surface area contributed by atoms with Crippen LogP contribution in [0, 0.1) is 6.92 Å². The number of aryl methyl sites for hydroxylation is 2. The number of rotatable bonds is 4. The fourth-order valence-electron chi connectivity index (χ4n) is 5.67. The van der Waals surface area contributed by atoms with Crippen LogP contribution in [0.25, 0.3) is 11.0 Å². The van der Waals surface area contributed by atoms with Crippen LogP contribution in [0.4, 0.5) is 11.4 Å². The Labute approximate surface area is 196 Å². The van der Waals surface area contributed by atoms with E-state index in [-0.39, 0.29) is 0 Å². The Hall–Kier alpha value is -2.64. The van der Waals surface area contributed by atoms with E-state index in [1.165, 1.54) is 22.5 Å². The standard InChI is InChI=1S/C26H36N6O/c1-18-15-32(24-12-19(2)28-25-23(24)14-27-30(25)5)16-20-6-7-21(13-22(18)20)31-10-8-26(33,9-11-31)17-29(3)4/h6-7,12-14,18,33H,8-11,15-17H2,1-5H3/t18-/m0/s1. The molecule has 176 valence electrons. The van der Waals surface area contributed by atoms with Gasteiger partial charge in [0, 0.05) is 51.2 Å². The molecule has 2 aliphatic rings. The lowest BCUT2D eigenvalue weighted by Crippen LogP contribution is -2.49. The van der Waals surface area contributed by atoms with Gasteiger partial charge < -0.3 is 19.8 Å². The van der Waals surface area contributed by atoms with Crippen LogP contribution in [0.1, 0.15) is 42.5 Å². The lowest BCUT2D eigenvalue weighted by molar-refractivity contribution is -0.00537. The number of fused-ring (bicyclic) bond motifs is 2. The van der Waals surface area contributed by atoms with E-state index in [4.69, 9.17) is 4.98 Å². The smallest absolute Gasteiger partial charge is 0.159 e. The van der Waals surface area contributed by atoms with Crippen molar-refractivity contribution in [3.05, 3.63) is 47.3 Å². The van der Waals surface area contributed by atoms with Crippen LogP contribution in [0.15, 0.2) is 30.5 Å². The monoisotopic (exact) mass is 448 g/mol. The number of benzene rings is 1. The summed E-state index contributed by atoms with van der Waals surface area (Å²) in [5.74, 6) is 0.435. The van der Waals surface area contributed by atoms with Crippen LogP contribution in [-0.2, 0) is 13.6 Å². The van der Waals surface area contributed by atoms with Gasteiger partial charge in [0.25, 0.3) is 0 Å². The molecule has 2 aliphatic heterocycles. The van der Waals surface area contributed by atoms with Crippen molar-refractivity contribution in [1.82, 2.24) is 19.7 Å².